The number of likely N-dealkylation sites (N-methyl/N-ethyl adjacent to an activating group) is 1. The molecule has 1 aromatic rings. The highest BCUT2D eigenvalue weighted by Gasteiger charge is 2.42. The van der Waals surface area contributed by atoms with E-state index in [2.05, 4.69) is 20.0 Å². The van der Waals surface area contributed by atoms with E-state index in [4.69, 9.17) is 11.5 Å². The smallest absolute Gasteiger partial charge is 0.123 e. The number of aromatic nitrogens is 2. The van der Waals surface area contributed by atoms with Crippen LogP contribution in [0.4, 0.5) is 14.6 Å². The number of halogens is 2. The first kappa shape index (κ1) is 16.7. The van der Waals surface area contributed by atoms with Crippen LogP contribution in [0, 0.1) is 5.92 Å². The predicted octanol–water partition coefficient (Wildman–Crippen LogP) is 1.43. The second-order valence-corrected chi connectivity index (χ2v) is 7.43. The number of likely N-dealkylation sites (tertiary alicyclic amines) is 1. The number of fused-ring (bicyclic) bond motifs is 1. The first-order valence-corrected chi connectivity index (χ1v) is 8.67. The van der Waals surface area contributed by atoms with Crippen LogP contribution in [0.2, 0.25) is 0 Å². The van der Waals surface area contributed by atoms with Crippen LogP contribution in [0.25, 0.3) is 0 Å². The lowest BCUT2D eigenvalue weighted by Crippen LogP contribution is -2.61. The van der Waals surface area contributed by atoms with Gasteiger partial charge in [0.15, 0.2) is 0 Å². The van der Waals surface area contributed by atoms with Crippen molar-refractivity contribution in [2.45, 2.75) is 44.1 Å². The molecule has 6 nitrogen and oxygen atoms in total. The Kier molecular flexibility index (Phi) is 4.13. The molecule has 3 unspecified atom stereocenters. The van der Waals surface area contributed by atoms with Gasteiger partial charge in [-0.3, -0.25) is 14.9 Å². The second-order valence-electron chi connectivity index (χ2n) is 7.43. The molecule has 0 spiro atoms. The number of rotatable bonds is 2. The van der Waals surface area contributed by atoms with Gasteiger partial charge in [-0.05, 0) is 25.6 Å². The molecule has 4 atom stereocenters. The monoisotopic (exact) mass is 350 g/mol. The number of allylic oxidation sites excluding steroid dienone is 3. The highest BCUT2D eigenvalue weighted by molar-refractivity contribution is 5.44. The fourth-order valence-electron chi connectivity index (χ4n) is 4.57. The molecular formula is C17H24F2N6. The number of nitrogens with one attached hydrogen (secondary N) is 1. The van der Waals surface area contributed by atoms with Crippen LogP contribution in [0.3, 0.4) is 0 Å². The van der Waals surface area contributed by atoms with Crippen molar-refractivity contribution in [3.8, 4) is 0 Å². The van der Waals surface area contributed by atoms with Crippen LogP contribution in [-0.4, -0.2) is 51.7 Å². The minimum atomic E-state index is -0.504. The number of hydrogen-bond donors (Lipinski definition) is 3. The van der Waals surface area contributed by atoms with Crippen molar-refractivity contribution in [3.05, 3.63) is 35.1 Å². The topological polar surface area (TPSA) is 87.2 Å². The number of anilines is 1. The van der Waals surface area contributed by atoms with E-state index in [1.165, 1.54) is 12.2 Å². The zero-order valence-electron chi connectivity index (χ0n) is 14.3. The first-order valence-electron chi connectivity index (χ1n) is 8.67. The van der Waals surface area contributed by atoms with Crippen LogP contribution >= 0.6 is 0 Å². The van der Waals surface area contributed by atoms with Crippen molar-refractivity contribution in [2.75, 3.05) is 19.3 Å². The summed E-state index contributed by atoms with van der Waals surface area (Å²) in [6.45, 7) is 2.26. The quantitative estimate of drug-likeness (QED) is 0.751. The highest BCUT2D eigenvalue weighted by Crippen LogP contribution is 2.37. The third-order valence-corrected chi connectivity index (χ3v) is 5.81. The molecule has 136 valence electrons. The molecule has 1 saturated heterocycles. The van der Waals surface area contributed by atoms with Crippen molar-refractivity contribution < 1.29 is 8.78 Å². The summed E-state index contributed by atoms with van der Waals surface area (Å²) >= 11 is 0. The molecule has 3 aliphatic rings. The first-order chi connectivity index (χ1) is 11.9. The fraction of sp³-hybridized carbons (Fsp3) is 0.588. The lowest BCUT2D eigenvalue weighted by Gasteiger charge is -2.47. The van der Waals surface area contributed by atoms with Crippen molar-refractivity contribution in [2.24, 2.45) is 11.7 Å². The summed E-state index contributed by atoms with van der Waals surface area (Å²) in [5.41, 5.74) is 14.4. The van der Waals surface area contributed by atoms with Gasteiger partial charge in [-0.25, -0.2) is 8.78 Å². The van der Waals surface area contributed by atoms with E-state index in [-0.39, 0.29) is 36.2 Å². The third-order valence-electron chi connectivity index (χ3n) is 5.81. The number of nitrogens with two attached hydrogens (primary N) is 2. The normalized spacial score (nSPS) is 33.9. The molecule has 4 rings (SSSR count). The molecule has 2 aliphatic heterocycles. The van der Waals surface area contributed by atoms with Crippen LogP contribution in [0.1, 0.15) is 24.1 Å². The van der Waals surface area contributed by atoms with Gasteiger partial charge in [-0.1, -0.05) is 0 Å². The lowest BCUT2D eigenvalue weighted by atomic mass is 9.81. The molecule has 1 aliphatic carbocycles. The summed E-state index contributed by atoms with van der Waals surface area (Å²) in [4.78, 5) is 4.41. The summed E-state index contributed by atoms with van der Waals surface area (Å²) in [6.07, 6.45) is 3.28. The SMILES string of the molecule is CN1CC(N2Cc3n[nH]c(N)c3C2)CC(N)[C@H]1C1CC(F)=CC=C1F. The molecule has 0 amide bonds. The number of H-pyrrole nitrogens is 1. The van der Waals surface area contributed by atoms with Crippen LogP contribution in [-0.2, 0) is 13.1 Å². The molecule has 0 aromatic carbocycles. The van der Waals surface area contributed by atoms with Crippen molar-refractivity contribution in [3.63, 3.8) is 0 Å². The van der Waals surface area contributed by atoms with Gasteiger partial charge in [0.25, 0.3) is 0 Å². The molecule has 0 saturated carbocycles. The van der Waals surface area contributed by atoms with Crippen LogP contribution in [0.15, 0.2) is 23.8 Å². The Bertz CT molecular complexity index is 715. The molecule has 25 heavy (non-hydrogen) atoms. The van der Waals surface area contributed by atoms with Gasteiger partial charge in [0.05, 0.1) is 5.69 Å². The van der Waals surface area contributed by atoms with Gasteiger partial charge < -0.3 is 11.5 Å². The number of nitrogens with zero attached hydrogens (tertiary/aromatic N) is 3. The van der Waals surface area contributed by atoms with E-state index in [0.717, 1.165) is 37.3 Å². The molecule has 0 bridgehead atoms. The maximum atomic E-state index is 14.3. The van der Waals surface area contributed by atoms with Gasteiger partial charge in [-0.15, -0.1) is 0 Å². The average Bonchev–Trinajstić information content (AvgIpc) is 3.12. The lowest BCUT2D eigenvalue weighted by molar-refractivity contribution is 0.0367. The Morgan fingerprint density at radius 3 is 2.80 bits per heavy atom. The molecule has 0 radical (unpaired) electrons. The third kappa shape index (κ3) is 2.88. The van der Waals surface area contributed by atoms with Crippen molar-refractivity contribution >= 4 is 5.82 Å². The Morgan fingerprint density at radius 2 is 2.08 bits per heavy atom. The van der Waals surface area contributed by atoms with E-state index in [1.54, 1.807) is 0 Å². The second kappa shape index (κ2) is 6.19. The summed E-state index contributed by atoms with van der Waals surface area (Å²) < 4.78 is 27.9. The fourth-order valence-corrected chi connectivity index (χ4v) is 4.57. The number of hydrogen-bond acceptors (Lipinski definition) is 5. The molecule has 8 heteroatoms. The van der Waals surface area contributed by atoms with Crippen LogP contribution < -0.4 is 11.5 Å². The summed E-state index contributed by atoms with van der Waals surface area (Å²) in [6, 6.07) is -0.163. The van der Waals surface area contributed by atoms with Crippen molar-refractivity contribution in [1.29, 1.82) is 0 Å². The highest BCUT2D eigenvalue weighted by atomic mass is 19.1. The molecule has 3 heterocycles. The molecule has 5 N–H and O–H groups in total. The maximum Gasteiger partial charge on any atom is 0.123 e. The average molecular weight is 350 g/mol. The summed E-state index contributed by atoms with van der Waals surface area (Å²) in [5.74, 6) is -0.438. The zero-order valence-corrected chi connectivity index (χ0v) is 14.3. The van der Waals surface area contributed by atoms with Crippen molar-refractivity contribution in [1.82, 2.24) is 20.0 Å². The minimum absolute atomic E-state index is 0.0886. The Labute approximate surface area is 145 Å². The zero-order chi connectivity index (χ0) is 17.7. The predicted molar refractivity (Wildman–Crippen MR) is 91.5 cm³/mol. The number of aromatic amines is 1. The summed E-state index contributed by atoms with van der Waals surface area (Å²) in [5, 5.41) is 7.06. The van der Waals surface area contributed by atoms with Gasteiger partial charge in [-0.2, -0.15) is 5.10 Å². The largest absolute Gasteiger partial charge is 0.384 e. The van der Waals surface area contributed by atoms with Crippen LogP contribution in [0.5, 0.6) is 0 Å². The van der Waals surface area contributed by atoms with E-state index >= 15 is 0 Å². The van der Waals surface area contributed by atoms with Gasteiger partial charge in [0.1, 0.15) is 17.5 Å². The Balaban J connectivity index is 1.46. The van der Waals surface area contributed by atoms with E-state index < -0.39 is 5.92 Å². The van der Waals surface area contributed by atoms with Gasteiger partial charge >= 0.3 is 0 Å². The Hall–Kier alpha value is -1.77. The van der Waals surface area contributed by atoms with E-state index in [1.807, 2.05) is 7.05 Å². The molecule has 1 aromatic heterocycles. The van der Waals surface area contributed by atoms with E-state index in [0.29, 0.717) is 5.82 Å². The maximum absolute atomic E-state index is 14.3. The standard InChI is InChI=1S/C17H24F2N6/c1-24-6-10(25-7-12-15(8-25)22-23-17(12)21)5-14(20)16(24)11-4-9(18)2-3-13(11)19/h2-3,10-11,14,16H,4-8,20H2,1H3,(H3,21,22,23)/t10?,11?,14?,16-/m1/s1. The molecular weight excluding hydrogens is 326 g/mol. The summed E-state index contributed by atoms with van der Waals surface area (Å²) in [7, 11) is 1.95. The van der Waals surface area contributed by atoms with Gasteiger partial charge in [0, 0.05) is 55.7 Å². The number of nitrogen functional groups attached to an aromatic ring is 1. The van der Waals surface area contributed by atoms with E-state index in [9.17, 15) is 8.78 Å². The van der Waals surface area contributed by atoms with Gasteiger partial charge in [0.2, 0.25) is 0 Å². The molecule has 1 fully saturated rings. The number of piperidine rings is 1. The Morgan fingerprint density at radius 1 is 1.28 bits per heavy atom. The minimum Gasteiger partial charge on any atom is -0.384 e.